The standard InChI is InChI=1S/C21H18F3N3O3/c1-3-29-19(28)11-6-15-4-5-16(12-14(15)2)20-25-13-27(26-20)17-7-9-18(10-8-17)30-21(22,23)24/h4-13H,3H2,1-2H3. The molecule has 0 saturated heterocycles. The number of benzene rings is 2. The highest BCUT2D eigenvalue weighted by molar-refractivity contribution is 5.87. The third-order valence-electron chi connectivity index (χ3n) is 4.04. The zero-order valence-corrected chi connectivity index (χ0v) is 16.2. The molecule has 0 aliphatic heterocycles. The Bertz CT molecular complexity index is 1060. The number of alkyl halides is 3. The van der Waals surface area contributed by atoms with Crippen molar-refractivity contribution in [1.82, 2.24) is 14.8 Å². The number of ether oxygens (including phenoxy) is 2. The summed E-state index contributed by atoms with van der Waals surface area (Å²) in [6, 6.07) is 10.9. The van der Waals surface area contributed by atoms with Crippen molar-refractivity contribution >= 4 is 12.0 Å². The van der Waals surface area contributed by atoms with Crippen LogP contribution in [0.25, 0.3) is 23.2 Å². The van der Waals surface area contributed by atoms with E-state index in [0.29, 0.717) is 18.1 Å². The van der Waals surface area contributed by atoms with E-state index in [0.717, 1.165) is 16.7 Å². The molecule has 3 aromatic rings. The monoisotopic (exact) mass is 417 g/mol. The Morgan fingerprint density at radius 3 is 2.53 bits per heavy atom. The van der Waals surface area contributed by atoms with Crippen LogP contribution in [0.5, 0.6) is 5.75 Å². The molecule has 0 spiro atoms. The highest BCUT2D eigenvalue weighted by atomic mass is 19.4. The summed E-state index contributed by atoms with van der Waals surface area (Å²) in [7, 11) is 0. The van der Waals surface area contributed by atoms with Crippen molar-refractivity contribution in [3.63, 3.8) is 0 Å². The molecule has 9 heteroatoms. The highest BCUT2D eigenvalue weighted by Gasteiger charge is 2.31. The lowest BCUT2D eigenvalue weighted by Crippen LogP contribution is -2.17. The first-order valence-corrected chi connectivity index (χ1v) is 8.99. The quantitative estimate of drug-likeness (QED) is 0.429. The maximum absolute atomic E-state index is 12.3. The maximum Gasteiger partial charge on any atom is 0.573 e. The smallest absolute Gasteiger partial charge is 0.463 e. The van der Waals surface area contributed by atoms with Gasteiger partial charge in [0.15, 0.2) is 5.82 Å². The molecule has 1 heterocycles. The molecule has 0 bridgehead atoms. The summed E-state index contributed by atoms with van der Waals surface area (Å²) in [6.07, 6.45) is -0.228. The number of carbonyl (C=O) groups excluding carboxylic acids is 1. The van der Waals surface area contributed by atoms with Crippen molar-refractivity contribution in [1.29, 1.82) is 0 Å². The third kappa shape index (κ3) is 5.47. The van der Waals surface area contributed by atoms with Crippen LogP contribution in [0.15, 0.2) is 54.9 Å². The van der Waals surface area contributed by atoms with E-state index in [9.17, 15) is 18.0 Å². The van der Waals surface area contributed by atoms with Crippen LogP contribution in [0.1, 0.15) is 18.1 Å². The zero-order chi connectivity index (χ0) is 21.7. The Morgan fingerprint density at radius 2 is 1.90 bits per heavy atom. The molecule has 30 heavy (non-hydrogen) atoms. The molecule has 3 rings (SSSR count). The summed E-state index contributed by atoms with van der Waals surface area (Å²) < 4.78 is 47.0. The van der Waals surface area contributed by atoms with Gasteiger partial charge in [0.05, 0.1) is 12.3 Å². The van der Waals surface area contributed by atoms with E-state index in [1.807, 2.05) is 25.1 Å². The minimum atomic E-state index is -4.74. The summed E-state index contributed by atoms with van der Waals surface area (Å²) in [5.74, 6) is -0.267. The van der Waals surface area contributed by atoms with Gasteiger partial charge in [0, 0.05) is 11.6 Å². The van der Waals surface area contributed by atoms with E-state index >= 15 is 0 Å². The molecule has 0 unspecified atom stereocenters. The first-order valence-electron chi connectivity index (χ1n) is 8.99. The summed E-state index contributed by atoms with van der Waals surface area (Å²) in [5, 5.41) is 4.37. The molecule has 1 aromatic heterocycles. The zero-order valence-electron chi connectivity index (χ0n) is 16.2. The normalized spacial score (nSPS) is 11.6. The lowest BCUT2D eigenvalue weighted by atomic mass is 10.0. The number of esters is 1. The van der Waals surface area contributed by atoms with Gasteiger partial charge in [-0.15, -0.1) is 18.3 Å². The van der Waals surface area contributed by atoms with Gasteiger partial charge in [0.1, 0.15) is 12.1 Å². The predicted molar refractivity (Wildman–Crippen MR) is 104 cm³/mol. The molecule has 0 saturated carbocycles. The van der Waals surface area contributed by atoms with Gasteiger partial charge >= 0.3 is 12.3 Å². The fraction of sp³-hybridized carbons (Fsp3) is 0.190. The molecule has 0 aliphatic carbocycles. The molecule has 0 atom stereocenters. The van der Waals surface area contributed by atoms with E-state index in [-0.39, 0.29) is 5.75 Å². The van der Waals surface area contributed by atoms with E-state index in [4.69, 9.17) is 4.74 Å². The topological polar surface area (TPSA) is 66.2 Å². The number of carbonyl (C=O) groups is 1. The number of hydrogen-bond acceptors (Lipinski definition) is 5. The molecular weight excluding hydrogens is 399 g/mol. The molecule has 0 N–H and O–H groups in total. The van der Waals surface area contributed by atoms with Crippen LogP contribution in [0, 0.1) is 6.92 Å². The molecule has 0 aliphatic rings. The predicted octanol–water partition coefficient (Wildman–Crippen LogP) is 4.72. The van der Waals surface area contributed by atoms with Crippen molar-refractivity contribution < 1.29 is 27.4 Å². The largest absolute Gasteiger partial charge is 0.573 e. The third-order valence-corrected chi connectivity index (χ3v) is 4.04. The first kappa shape index (κ1) is 21.1. The van der Waals surface area contributed by atoms with Gasteiger partial charge in [-0.1, -0.05) is 12.1 Å². The minimum absolute atomic E-state index is 0.311. The average Bonchev–Trinajstić information content (AvgIpc) is 3.17. The molecular formula is C21H18F3N3O3. The van der Waals surface area contributed by atoms with Crippen LogP contribution in [0.3, 0.4) is 0 Å². The molecule has 6 nitrogen and oxygen atoms in total. The average molecular weight is 417 g/mol. The van der Waals surface area contributed by atoms with Crippen LogP contribution < -0.4 is 4.74 Å². The summed E-state index contributed by atoms with van der Waals surface area (Å²) in [4.78, 5) is 15.7. The second-order valence-electron chi connectivity index (χ2n) is 6.21. The molecule has 156 valence electrons. The van der Waals surface area contributed by atoms with Crippen LogP contribution >= 0.6 is 0 Å². The SMILES string of the molecule is CCOC(=O)C=Cc1ccc(-c2ncn(-c3ccc(OC(F)(F)F)cc3)n2)cc1C. The van der Waals surface area contributed by atoms with Gasteiger partial charge in [-0.25, -0.2) is 14.5 Å². The van der Waals surface area contributed by atoms with Crippen molar-refractivity contribution in [3.05, 3.63) is 66.0 Å². The number of hydrogen-bond donors (Lipinski definition) is 0. The summed E-state index contributed by atoms with van der Waals surface area (Å²) in [6.45, 7) is 3.95. The number of aromatic nitrogens is 3. The molecule has 2 aromatic carbocycles. The van der Waals surface area contributed by atoms with Crippen molar-refractivity contribution in [2.75, 3.05) is 6.61 Å². The fourth-order valence-corrected chi connectivity index (χ4v) is 2.67. The second kappa shape index (κ2) is 8.81. The van der Waals surface area contributed by atoms with Crippen molar-refractivity contribution in [3.8, 4) is 22.8 Å². The number of halogens is 3. The Kier molecular flexibility index (Phi) is 6.20. The number of aryl methyl sites for hydroxylation is 1. The van der Waals surface area contributed by atoms with Crippen LogP contribution in [0.2, 0.25) is 0 Å². The summed E-state index contributed by atoms with van der Waals surface area (Å²) >= 11 is 0. The van der Waals surface area contributed by atoms with Gasteiger partial charge < -0.3 is 9.47 Å². The first-order chi connectivity index (χ1) is 14.2. The Labute approximate surface area is 170 Å². The summed E-state index contributed by atoms with van der Waals surface area (Å²) in [5.41, 5.74) is 3.06. The van der Waals surface area contributed by atoms with Crippen molar-refractivity contribution in [2.24, 2.45) is 0 Å². The second-order valence-corrected chi connectivity index (χ2v) is 6.21. The molecule has 0 fully saturated rings. The van der Waals surface area contributed by atoms with Crippen molar-refractivity contribution in [2.45, 2.75) is 20.2 Å². The number of nitrogens with zero attached hydrogens (tertiary/aromatic N) is 3. The Morgan fingerprint density at radius 1 is 1.17 bits per heavy atom. The van der Waals surface area contributed by atoms with Crippen LogP contribution in [0.4, 0.5) is 13.2 Å². The van der Waals surface area contributed by atoms with Gasteiger partial charge in [-0.2, -0.15) is 0 Å². The van der Waals surface area contributed by atoms with E-state index in [1.54, 1.807) is 13.0 Å². The Hall–Kier alpha value is -3.62. The van der Waals surface area contributed by atoms with E-state index in [1.165, 1.54) is 41.4 Å². The maximum atomic E-state index is 12.3. The van der Waals surface area contributed by atoms with Crippen LogP contribution in [-0.4, -0.2) is 33.7 Å². The van der Waals surface area contributed by atoms with E-state index in [2.05, 4.69) is 14.8 Å². The molecule has 0 radical (unpaired) electrons. The van der Waals surface area contributed by atoms with Gasteiger partial charge in [0.2, 0.25) is 0 Å². The molecule has 0 amide bonds. The number of rotatable bonds is 6. The van der Waals surface area contributed by atoms with Crippen LogP contribution in [-0.2, 0) is 9.53 Å². The van der Waals surface area contributed by atoms with Gasteiger partial charge in [0.25, 0.3) is 0 Å². The minimum Gasteiger partial charge on any atom is -0.463 e. The van der Waals surface area contributed by atoms with E-state index < -0.39 is 12.3 Å². The lowest BCUT2D eigenvalue weighted by Gasteiger charge is -2.09. The lowest BCUT2D eigenvalue weighted by molar-refractivity contribution is -0.274. The van der Waals surface area contributed by atoms with Gasteiger partial charge in [-0.05, 0) is 61.4 Å². The van der Waals surface area contributed by atoms with Gasteiger partial charge in [-0.3, -0.25) is 0 Å². The highest BCUT2D eigenvalue weighted by Crippen LogP contribution is 2.24. The fourth-order valence-electron chi connectivity index (χ4n) is 2.67. The Balaban J connectivity index is 1.76.